The standard InChI is InChI=1S/C15H11ClF3N3O/c1-23-14-9(6-11(18)19)7-20-15(21-14)22-5-4-8-2-3-10(17)12(16)13(8)22/h2-5,7,11H,6H2,1H3. The molecule has 0 saturated heterocycles. The van der Waals surface area contributed by atoms with E-state index < -0.39 is 18.7 Å². The molecule has 4 nitrogen and oxygen atoms in total. The number of halogens is 4. The highest BCUT2D eigenvalue weighted by atomic mass is 35.5. The summed E-state index contributed by atoms with van der Waals surface area (Å²) < 4.78 is 45.3. The number of ether oxygens (including phenoxy) is 1. The highest BCUT2D eigenvalue weighted by Crippen LogP contribution is 2.29. The lowest BCUT2D eigenvalue weighted by atomic mass is 10.2. The largest absolute Gasteiger partial charge is 0.481 e. The van der Waals surface area contributed by atoms with Crippen LogP contribution in [0.5, 0.6) is 5.88 Å². The number of aromatic nitrogens is 3. The Labute approximate surface area is 134 Å². The summed E-state index contributed by atoms with van der Waals surface area (Å²) in [6.07, 6.45) is -0.149. The Morgan fingerprint density at radius 2 is 2.09 bits per heavy atom. The van der Waals surface area contributed by atoms with Crippen molar-refractivity contribution in [2.45, 2.75) is 12.8 Å². The summed E-state index contributed by atoms with van der Waals surface area (Å²) in [5, 5.41) is 0.641. The molecular weight excluding hydrogens is 331 g/mol. The van der Waals surface area contributed by atoms with Gasteiger partial charge in [-0.2, -0.15) is 4.98 Å². The molecule has 0 aliphatic rings. The number of nitrogens with zero attached hydrogens (tertiary/aromatic N) is 3. The van der Waals surface area contributed by atoms with E-state index >= 15 is 0 Å². The third-order valence-electron chi connectivity index (χ3n) is 3.34. The summed E-state index contributed by atoms with van der Waals surface area (Å²) in [5.41, 5.74) is 0.593. The lowest BCUT2D eigenvalue weighted by Crippen LogP contribution is -2.07. The number of alkyl halides is 2. The molecular formula is C15H11ClF3N3O. The summed E-state index contributed by atoms with van der Waals surface area (Å²) in [4.78, 5) is 8.18. The van der Waals surface area contributed by atoms with Gasteiger partial charge in [-0.25, -0.2) is 18.2 Å². The van der Waals surface area contributed by atoms with Crippen molar-refractivity contribution < 1.29 is 17.9 Å². The molecule has 2 aromatic heterocycles. The molecule has 3 aromatic rings. The van der Waals surface area contributed by atoms with Gasteiger partial charge in [-0.05, 0) is 18.2 Å². The lowest BCUT2D eigenvalue weighted by Gasteiger charge is -2.10. The smallest absolute Gasteiger partial charge is 0.242 e. The Morgan fingerprint density at radius 1 is 1.30 bits per heavy atom. The van der Waals surface area contributed by atoms with Crippen LogP contribution in [0.4, 0.5) is 13.2 Å². The van der Waals surface area contributed by atoms with Gasteiger partial charge in [-0.15, -0.1) is 0 Å². The zero-order chi connectivity index (χ0) is 16.6. The minimum atomic E-state index is -2.53. The molecule has 2 heterocycles. The van der Waals surface area contributed by atoms with Crippen molar-refractivity contribution in [3.05, 3.63) is 47.0 Å². The fourth-order valence-corrected chi connectivity index (χ4v) is 2.57. The topological polar surface area (TPSA) is 39.9 Å². The first kappa shape index (κ1) is 15.6. The Morgan fingerprint density at radius 3 is 2.78 bits per heavy atom. The van der Waals surface area contributed by atoms with Crippen LogP contribution in [0.3, 0.4) is 0 Å². The number of rotatable bonds is 4. The molecule has 0 aliphatic heterocycles. The fourth-order valence-electron chi connectivity index (χ4n) is 2.31. The molecule has 0 amide bonds. The van der Waals surface area contributed by atoms with Gasteiger partial charge < -0.3 is 4.74 Å². The first-order chi connectivity index (χ1) is 11.0. The van der Waals surface area contributed by atoms with Crippen molar-refractivity contribution in [1.29, 1.82) is 0 Å². The average molecular weight is 342 g/mol. The van der Waals surface area contributed by atoms with Gasteiger partial charge in [0.25, 0.3) is 0 Å². The molecule has 23 heavy (non-hydrogen) atoms. The van der Waals surface area contributed by atoms with Gasteiger partial charge in [0, 0.05) is 29.8 Å². The van der Waals surface area contributed by atoms with Gasteiger partial charge in [0.1, 0.15) is 10.8 Å². The van der Waals surface area contributed by atoms with Crippen LogP contribution in [0.25, 0.3) is 16.9 Å². The van der Waals surface area contributed by atoms with E-state index in [1.54, 1.807) is 18.3 Å². The second-order valence-electron chi connectivity index (χ2n) is 4.78. The van der Waals surface area contributed by atoms with E-state index in [1.807, 2.05) is 0 Å². The van der Waals surface area contributed by atoms with E-state index in [1.165, 1.54) is 23.9 Å². The van der Waals surface area contributed by atoms with Gasteiger partial charge in [0.05, 0.1) is 12.6 Å². The Hall–Kier alpha value is -2.28. The first-order valence-corrected chi connectivity index (χ1v) is 7.02. The number of hydrogen-bond donors (Lipinski definition) is 0. The maximum atomic E-state index is 13.7. The van der Waals surface area contributed by atoms with Gasteiger partial charge in [0.2, 0.25) is 18.3 Å². The zero-order valence-electron chi connectivity index (χ0n) is 11.9. The fraction of sp³-hybridized carbons (Fsp3) is 0.200. The monoisotopic (exact) mass is 341 g/mol. The molecule has 0 saturated carbocycles. The normalized spacial score (nSPS) is 11.4. The van der Waals surface area contributed by atoms with Gasteiger partial charge in [-0.1, -0.05) is 11.6 Å². The van der Waals surface area contributed by atoms with E-state index in [9.17, 15) is 13.2 Å². The summed E-state index contributed by atoms with van der Waals surface area (Å²) in [6.45, 7) is 0. The van der Waals surface area contributed by atoms with Gasteiger partial charge >= 0.3 is 0 Å². The maximum Gasteiger partial charge on any atom is 0.242 e. The predicted molar refractivity (Wildman–Crippen MR) is 80.1 cm³/mol. The number of hydrogen-bond acceptors (Lipinski definition) is 3. The first-order valence-electron chi connectivity index (χ1n) is 6.64. The minimum absolute atomic E-state index is 0.0460. The molecule has 3 rings (SSSR count). The molecule has 8 heteroatoms. The molecule has 0 unspecified atom stereocenters. The number of fused-ring (bicyclic) bond motifs is 1. The summed E-state index contributed by atoms with van der Waals surface area (Å²) in [7, 11) is 1.33. The highest BCUT2D eigenvalue weighted by Gasteiger charge is 2.16. The van der Waals surface area contributed by atoms with Crippen LogP contribution in [0.15, 0.2) is 30.6 Å². The number of methoxy groups -OCH3 is 1. The van der Waals surface area contributed by atoms with Crippen molar-refractivity contribution >= 4 is 22.5 Å². The van der Waals surface area contributed by atoms with Crippen molar-refractivity contribution in [3.8, 4) is 11.8 Å². The molecule has 120 valence electrons. The Bertz CT molecular complexity index is 867. The lowest BCUT2D eigenvalue weighted by molar-refractivity contribution is 0.147. The van der Waals surface area contributed by atoms with E-state index in [0.29, 0.717) is 10.9 Å². The summed E-state index contributed by atoms with van der Waals surface area (Å²) >= 11 is 6.01. The molecule has 0 aliphatic carbocycles. The van der Waals surface area contributed by atoms with Crippen LogP contribution in [-0.2, 0) is 6.42 Å². The van der Waals surface area contributed by atoms with Crippen LogP contribution < -0.4 is 4.74 Å². The molecule has 0 N–H and O–H groups in total. The average Bonchev–Trinajstić information content (AvgIpc) is 2.95. The number of benzene rings is 1. The quantitative estimate of drug-likeness (QED) is 0.719. The van der Waals surface area contributed by atoms with E-state index in [-0.39, 0.29) is 22.4 Å². The van der Waals surface area contributed by atoms with Gasteiger partial charge in [0.15, 0.2) is 0 Å². The zero-order valence-corrected chi connectivity index (χ0v) is 12.7. The SMILES string of the molecule is COc1nc(-n2ccc3ccc(F)c(Cl)c32)ncc1CC(F)F. The van der Waals surface area contributed by atoms with Crippen molar-refractivity contribution in [3.63, 3.8) is 0 Å². The van der Waals surface area contributed by atoms with Crippen LogP contribution >= 0.6 is 11.6 Å². The van der Waals surface area contributed by atoms with Crippen LogP contribution in [-0.4, -0.2) is 28.1 Å². The van der Waals surface area contributed by atoms with E-state index in [0.717, 1.165) is 0 Å². The molecule has 0 fully saturated rings. The van der Waals surface area contributed by atoms with E-state index in [4.69, 9.17) is 16.3 Å². The second-order valence-corrected chi connectivity index (χ2v) is 5.16. The van der Waals surface area contributed by atoms with Crippen molar-refractivity contribution in [1.82, 2.24) is 14.5 Å². The third kappa shape index (κ3) is 2.84. The van der Waals surface area contributed by atoms with Crippen LogP contribution in [0.1, 0.15) is 5.56 Å². The Kier molecular flexibility index (Phi) is 4.12. The molecule has 0 spiro atoms. The summed E-state index contributed by atoms with van der Waals surface area (Å²) in [5.74, 6) is -0.368. The molecule has 0 atom stereocenters. The van der Waals surface area contributed by atoms with Crippen LogP contribution in [0, 0.1) is 5.82 Å². The highest BCUT2D eigenvalue weighted by molar-refractivity contribution is 6.35. The van der Waals surface area contributed by atoms with Crippen molar-refractivity contribution in [2.75, 3.05) is 7.11 Å². The second kappa shape index (κ2) is 6.08. The van der Waals surface area contributed by atoms with Crippen LogP contribution in [0.2, 0.25) is 5.02 Å². The van der Waals surface area contributed by atoms with Gasteiger partial charge in [-0.3, -0.25) is 4.57 Å². The van der Waals surface area contributed by atoms with Crippen molar-refractivity contribution in [2.24, 2.45) is 0 Å². The molecule has 1 aromatic carbocycles. The molecule has 0 radical (unpaired) electrons. The minimum Gasteiger partial charge on any atom is -0.481 e. The van der Waals surface area contributed by atoms with E-state index in [2.05, 4.69) is 9.97 Å². The third-order valence-corrected chi connectivity index (χ3v) is 3.70. The predicted octanol–water partition coefficient (Wildman–Crippen LogP) is 4.03. The maximum absolute atomic E-state index is 13.7. The molecule has 0 bridgehead atoms. The Balaban J connectivity index is 2.14. The summed E-state index contributed by atoms with van der Waals surface area (Å²) in [6, 6.07) is 4.57.